The summed E-state index contributed by atoms with van der Waals surface area (Å²) in [5.41, 5.74) is 12.9. The Morgan fingerprint density at radius 1 is 0.649 bits per heavy atom. The van der Waals surface area contributed by atoms with Crippen molar-refractivity contribution in [3.63, 3.8) is 0 Å². The third-order valence-corrected chi connectivity index (χ3v) is 10.6. The van der Waals surface area contributed by atoms with Crippen LogP contribution in [-0.2, 0) is 20.2 Å². The van der Waals surface area contributed by atoms with Crippen LogP contribution in [0.3, 0.4) is 0 Å². The Balaban J connectivity index is 0.00000620. The molecule has 0 saturated heterocycles. The quantitative estimate of drug-likeness (QED) is 0.0224. The number of aryl methyl sites for hydroxylation is 1. The van der Waals surface area contributed by atoms with Crippen LogP contribution >= 0.6 is 11.8 Å². The van der Waals surface area contributed by atoms with Crippen LogP contribution in [0.1, 0.15) is 5.56 Å². The van der Waals surface area contributed by atoms with Crippen molar-refractivity contribution in [1.82, 2.24) is 0 Å². The van der Waals surface area contributed by atoms with Crippen molar-refractivity contribution >= 4 is 94.0 Å². The van der Waals surface area contributed by atoms with Gasteiger partial charge in [-0.1, -0.05) is 11.8 Å². The van der Waals surface area contributed by atoms with Crippen molar-refractivity contribution in [3.8, 4) is 5.75 Å². The summed E-state index contributed by atoms with van der Waals surface area (Å²) in [6, 6.07) is 25.5. The number of fused-ring (bicyclic) bond motifs is 1. The summed E-state index contributed by atoms with van der Waals surface area (Å²) in [5, 5.41) is 45.7. The van der Waals surface area contributed by atoms with Gasteiger partial charge in [0.2, 0.25) is 0 Å². The van der Waals surface area contributed by atoms with Gasteiger partial charge in [0.25, 0.3) is 25.9 Å². The molecule has 0 aliphatic rings. The molecule has 0 spiro atoms. The van der Waals surface area contributed by atoms with Gasteiger partial charge in [0, 0.05) is 27.6 Å². The fourth-order valence-corrected chi connectivity index (χ4v) is 7.31. The number of nitrogen functional groups attached to an aromatic ring is 2. The molecule has 0 radical (unpaired) electrons. The summed E-state index contributed by atoms with van der Waals surface area (Å²) in [6.07, 6.45) is 0. The molecule has 0 heterocycles. The van der Waals surface area contributed by atoms with Gasteiger partial charge in [-0.05, 0) is 109 Å². The molecule has 6 aromatic rings. The van der Waals surface area contributed by atoms with E-state index in [1.807, 2.05) is 37.3 Å². The van der Waals surface area contributed by atoms with Crippen LogP contribution in [0.25, 0.3) is 10.8 Å². The smallest absolute Gasteiger partial charge is 0.505 e. The zero-order valence-electron chi connectivity index (χ0n) is 29.6. The van der Waals surface area contributed by atoms with Crippen LogP contribution in [0.2, 0.25) is 0 Å². The van der Waals surface area contributed by atoms with Crippen LogP contribution in [-0.4, -0.2) is 36.0 Å². The molecule has 0 saturated carbocycles. The number of benzene rings is 6. The van der Waals surface area contributed by atoms with Gasteiger partial charge in [-0.2, -0.15) is 37.3 Å². The number of rotatable bonds is 11. The fraction of sp³-hybridized carbons (Fsp3) is 0.0286. The monoisotopic (exact) mass is 836 g/mol. The van der Waals surface area contributed by atoms with Crippen molar-refractivity contribution in [2.24, 2.45) is 30.7 Å². The van der Waals surface area contributed by atoms with Gasteiger partial charge in [-0.15, -0.1) is 10.2 Å². The van der Waals surface area contributed by atoms with Crippen LogP contribution in [0.4, 0.5) is 51.2 Å². The number of nitrogens with two attached hydrogens (primary N) is 2. The first-order chi connectivity index (χ1) is 26.5. The first kappa shape index (κ1) is 42.5. The number of nitro benzene ring substituents is 1. The third-order valence-electron chi connectivity index (χ3n) is 7.86. The van der Waals surface area contributed by atoms with Gasteiger partial charge in [-0.25, -0.2) is 0 Å². The molecule has 22 heteroatoms. The molecule has 284 valence electrons. The molecule has 0 aliphatic heterocycles. The number of nitro groups is 1. The molecule has 57 heavy (non-hydrogen) atoms. The number of aromatic hydroxyl groups is 1. The molecule has 7 N–H and O–H groups in total. The number of nitrogens with zero attached hydrogens (tertiary/aromatic N) is 7. The molecular weight excluding hydrogens is 810 g/mol. The predicted molar refractivity (Wildman–Crippen MR) is 208 cm³/mol. The Hall–Kier alpha value is -5.65. The molecule has 0 aliphatic carbocycles. The fourth-order valence-electron chi connectivity index (χ4n) is 5.16. The summed E-state index contributed by atoms with van der Waals surface area (Å²) in [4.78, 5) is 10.1. The largest absolute Gasteiger partial charge is 1.00 e. The van der Waals surface area contributed by atoms with Gasteiger partial charge in [-0.3, -0.25) is 19.2 Å². The van der Waals surface area contributed by atoms with Crippen LogP contribution in [0.15, 0.2) is 153 Å². The van der Waals surface area contributed by atoms with Crippen molar-refractivity contribution in [1.29, 1.82) is 0 Å². The Kier molecular flexibility index (Phi) is 12.8. The Labute approximate surface area is 350 Å². The normalized spacial score (nSPS) is 12.1. The molecule has 0 unspecified atom stereocenters. The van der Waals surface area contributed by atoms with Gasteiger partial charge in [0.1, 0.15) is 21.2 Å². The third kappa shape index (κ3) is 10.0. The Bertz CT molecular complexity index is 2840. The molecule has 0 aromatic heterocycles. The van der Waals surface area contributed by atoms with E-state index in [1.54, 1.807) is 36.4 Å². The number of hydrogen-bond acceptors (Lipinski definition) is 16. The van der Waals surface area contributed by atoms with Gasteiger partial charge in [0.05, 0.1) is 38.7 Å². The van der Waals surface area contributed by atoms with E-state index in [1.165, 1.54) is 23.9 Å². The van der Waals surface area contributed by atoms with E-state index in [0.29, 0.717) is 17.1 Å². The minimum Gasteiger partial charge on any atom is -0.505 e. The van der Waals surface area contributed by atoms with Crippen molar-refractivity contribution < 1.29 is 65.5 Å². The predicted octanol–water partition coefficient (Wildman–Crippen LogP) is 6.82. The Morgan fingerprint density at radius 2 is 1.11 bits per heavy atom. The average molecular weight is 837 g/mol. The molecule has 6 rings (SSSR count). The van der Waals surface area contributed by atoms with E-state index in [-0.39, 0.29) is 57.4 Å². The maximum Gasteiger partial charge on any atom is 1.00 e. The average Bonchev–Trinajstić information content (AvgIpc) is 3.14. The van der Waals surface area contributed by atoms with Crippen molar-refractivity contribution in [3.05, 3.63) is 119 Å². The van der Waals surface area contributed by atoms with E-state index in [9.17, 15) is 41.2 Å². The summed E-state index contributed by atoms with van der Waals surface area (Å²) in [6.45, 7) is 1.89. The minimum atomic E-state index is -5.12. The van der Waals surface area contributed by atoms with E-state index >= 15 is 0 Å². The zero-order chi connectivity index (χ0) is 40.4. The SMILES string of the molecule is Cc1cc(N)ccc1N=Nc1ccc(Sc2ccc(N=Nc3c(S(=O)(=O)O)cc4cc(S(=O)(=O)O)c(N=Nc5ccc([N+](=O)[O-])cc5)c(N)c4c3O)cc2)cc1.[Na+]. The first-order valence-corrected chi connectivity index (χ1v) is 19.5. The Morgan fingerprint density at radius 3 is 1.58 bits per heavy atom. The second-order valence-electron chi connectivity index (χ2n) is 11.8. The van der Waals surface area contributed by atoms with Gasteiger partial charge >= 0.3 is 29.6 Å². The van der Waals surface area contributed by atoms with Gasteiger partial charge < -0.3 is 16.6 Å². The number of phenols is 1. The molecule has 0 fully saturated rings. The summed E-state index contributed by atoms with van der Waals surface area (Å²) in [7, 11) is -10.2. The minimum absolute atomic E-state index is 0. The summed E-state index contributed by atoms with van der Waals surface area (Å²) in [5.74, 6) is -0.927. The number of hydrogen-bond donors (Lipinski definition) is 5. The van der Waals surface area contributed by atoms with Crippen molar-refractivity contribution in [2.75, 3.05) is 11.5 Å². The maximum atomic E-state index is 12.4. The van der Waals surface area contributed by atoms with Crippen LogP contribution in [0.5, 0.6) is 5.75 Å². The second kappa shape index (κ2) is 17.2. The number of phenolic OH excluding ortho intramolecular Hbond substituents is 1. The molecule has 6 aromatic carbocycles. The van der Waals surface area contributed by atoms with Crippen molar-refractivity contribution in [2.45, 2.75) is 26.5 Å². The zero-order valence-corrected chi connectivity index (χ0v) is 34.1. The van der Waals surface area contributed by atoms with Crippen LogP contribution in [0, 0.1) is 17.0 Å². The van der Waals surface area contributed by atoms with E-state index in [0.717, 1.165) is 39.6 Å². The molecule has 0 amide bonds. The molecule has 0 bridgehead atoms. The van der Waals surface area contributed by atoms with E-state index < -0.39 is 57.8 Å². The summed E-state index contributed by atoms with van der Waals surface area (Å²) >= 11 is 1.43. The van der Waals surface area contributed by atoms with E-state index in [4.69, 9.17) is 11.5 Å². The van der Waals surface area contributed by atoms with Gasteiger partial charge in [0.15, 0.2) is 5.75 Å². The topological polar surface area (TPSA) is 298 Å². The molecular formula is C35H27N9NaO9S3+. The first-order valence-electron chi connectivity index (χ1n) is 15.8. The van der Waals surface area contributed by atoms with Crippen LogP contribution < -0.4 is 41.0 Å². The number of anilines is 2. The number of non-ortho nitro benzene ring substituents is 1. The standard InChI is InChI=1S/C35H27N9O9S3.Na/c1-19-16-21(36)2-15-28(19)41-38-23-5-11-26(12-6-23)54-27-13-7-24(8-14-27)40-43-34-30(56(51,52)53)18-20-17-29(55(48,49)50)33(32(37)31(20)35(34)45)42-39-22-3-9-25(10-4-22)44(46)47;/h2-18,45H,36-37H2,1H3,(H,48,49,50)(H,51,52,53);/q;+1. The van der Waals surface area contributed by atoms with E-state index in [2.05, 4.69) is 30.7 Å². The molecule has 18 nitrogen and oxygen atoms in total. The number of azo groups is 3. The second-order valence-corrected chi connectivity index (χ2v) is 15.7. The molecule has 0 atom stereocenters. The summed E-state index contributed by atoms with van der Waals surface area (Å²) < 4.78 is 69.6. The maximum absolute atomic E-state index is 12.4.